The summed E-state index contributed by atoms with van der Waals surface area (Å²) >= 11 is 0. The Balaban J connectivity index is 1.66. The Morgan fingerprint density at radius 1 is 1.07 bits per heavy atom. The van der Waals surface area contributed by atoms with Crippen LogP contribution in [0.1, 0.15) is 64.7 Å². The highest BCUT2D eigenvalue weighted by atomic mass is 32.2. The van der Waals surface area contributed by atoms with Crippen molar-refractivity contribution in [1.82, 2.24) is 9.21 Å². The molecule has 7 nitrogen and oxygen atoms in total. The van der Waals surface area contributed by atoms with Crippen molar-refractivity contribution >= 4 is 21.9 Å². The van der Waals surface area contributed by atoms with Crippen LogP contribution in [0.4, 0.5) is 0 Å². The van der Waals surface area contributed by atoms with Crippen molar-refractivity contribution in [3.05, 3.63) is 0 Å². The first-order valence-corrected chi connectivity index (χ1v) is 12.4. The van der Waals surface area contributed by atoms with Crippen LogP contribution in [0, 0.1) is 11.8 Å². The second kappa shape index (κ2) is 9.11. The predicted molar refractivity (Wildman–Crippen MR) is 106 cm³/mol. The normalized spacial score (nSPS) is 29.5. The third kappa shape index (κ3) is 4.37. The minimum absolute atomic E-state index is 0.0235. The lowest BCUT2D eigenvalue weighted by atomic mass is 9.84. The minimum Gasteiger partial charge on any atom is -0.467 e. The number of unbranched alkanes of at least 4 members (excludes halogenated alkanes) is 1. The number of rotatable bonds is 6. The lowest BCUT2D eigenvalue weighted by Gasteiger charge is -2.38. The number of amides is 1. The Kier molecular flexibility index (Phi) is 7.02. The monoisotopic (exact) mass is 414 g/mol. The van der Waals surface area contributed by atoms with Crippen LogP contribution < -0.4 is 0 Å². The number of hydrogen-bond donors (Lipinski definition) is 0. The predicted octanol–water partition coefficient (Wildman–Crippen LogP) is 2.16. The summed E-state index contributed by atoms with van der Waals surface area (Å²) in [4.78, 5) is 27.5. The molecule has 0 spiro atoms. The summed E-state index contributed by atoms with van der Waals surface area (Å²) in [5.74, 6) is 0.0714. The third-order valence-corrected chi connectivity index (χ3v) is 8.72. The van der Waals surface area contributed by atoms with Crippen LogP contribution >= 0.6 is 0 Å². The van der Waals surface area contributed by atoms with Gasteiger partial charge in [0, 0.05) is 25.0 Å². The molecule has 1 amide bonds. The van der Waals surface area contributed by atoms with E-state index in [1.54, 1.807) is 0 Å². The molecule has 3 atom stereocenters. The highest BCUT2D eigenvalue weighted by molar-refractivity contribution is 7.89. The first-order chi connectivity index (χ1) is 13.4. The Bertz CT molecular complexity index is 672. The van der Waals surface area contributed by atoms with Crippen LogP contribution in [0.15, 0.2) is 0 Å². The molecule has 0 aromatic rings. The van der Waals surface area contributed by atoms with E-state index in [0.29, 0.717) is 44.7 Å². The molecule has 0 N–H and O–H groups in total. The minimum atomic E-state index is -3.23. The Labute approximate surface area is 168 Å². The molecule has 3 rings (SSSR count). The van der Waals surface area contributed by atoms with Gasteiger partial charge >= 0.3 is 5.97 Å². The van der Waals surface area contributed by atoms with Crippen molar-refractivity contribution in [3.8, 4) is 0 Å². The van der Waals surface area contributed by atoms with Crippen molar-refractivity contribution in [1.29, 1.82) is 0 Å². The number of esters is 1. The fraction of sp³-hybridized carbons (Fsp3) is 0.900. The van der Waals surface area contributed by atoms with E-state index in [0.717, 1.165) is 32.1 Å². The molecule has 2 aliphatic heterocycles. The van der Waals surface area contributed by atoms with Crippen LogP contribution in [-0.4, -0.2) is 67.5 Å². The van der Waals surface area contributed by atoms with Gasteiger partial charge in [-0.2, -0.15) is 0 Å². The van der Waals surface area contributed by atoms with Crippen LogP contribution in [0.25, 0.3) is 0 Å². The van der Waals surface area contributed by atoms with Gasteiger partial charge in [-0.25, -0.2) is 17.5 Å². The van der Waals surface area contributed by atoms with Crippen LogP contribution in [0.3, 0.4) is 0 Å². The molecule has 0 radical (unpaired) electrons. The molecule has 2 heterocycles. The van der Waals surface area contributed by atoms with Crippen molar-refractivity contribution in [2.24, 2.45) is 11.8 Å². The first kappa shape index (κ1) is 21.6. The standard InChI is InChI=1S/C20H34N2O5S/c1-3-4-13-28(25,26)21-11-9-15(10-12-21)19(23)22-17-8-6-5-7-16(17)14-18(22)20(24)27-2/h15-18H,3-14H2,1-2H3. The number of hydrogen-bond acceptors (Lipinski definition) is 5. The van der Waals surface area contributed by atoms with E-state index in [9.17, 15) is 18.0 Å². The molecule has 3 unspecified atom stereocenters. The van der Waals surface area contributed by atoms with Crippen LogP contribution in [-0.2, 0) is 24.3 Å². The van der Waals surface area contributed by atoms with Gasteiger partial charge in [-0.3, -0.25) is 4.79 Å². The van der Waals surface area contributed by atoms with Gasteiger partial charge < -0.3 is 9.64 Å². The zero-order chi connectivity index (χ0) is 20.3. The maximum absolute atomic E-state index is 13.4. The van der Waals surface area contributed by atoms with Gasteiger partial charge in [0.1, 0.15) is 6.04 Å². The number of methoxy groups -OCH3 is 1. The average molecular weight is 415 g/mol. The molecule has 28 heavy (non-hydrogen) atoms. The van der Waals surface area contributed by atoms with E-state index in [1.165, 1.54) is 11.4 Å². The fourth-order valence-corrected chi connectivity index (χ4v) is 6.85. The van der Waals surface area contributed by atoms with Gasteiger partial charge in [-0.05, 0) is 44.4 Å². The Morgan fingerprint density at radius 2 is 1.75 bits per heavy atom. The number of carbonyl (C=O) groups is 2. The summed E-state index contributed by atoms with van der Waals surface area (Å²) in [5, 5.41) is 0. The molecular weight excluding hydrogens is 380 g/mol. The molecule has 3 fully saturated rings. The molecule has 160 valence electrons. The Hall–Kier alpha value is -1.15. The number of sulfonamides is 1. The second-order valence-electron chi connectivity index (χ2n) is 8.47. The number of fused-ring (bicyclic) bond motifs is 1. The summed E-state index contributed by atoms with van der Waals surface area (Å²) < 4.78 is 31.4. The molecule has 1 aliphatic carbocycles. The maximum Gasteiger partial charge on any atom is 0.328 e. The topological polar surface area (TPSA) is 84.0 Å². The molecule has 0 aromatic carbocycles. The second-order valence-corrected chi connectivity index (χ2v) is 10.6. The maximum atomic E-state index is 13.4. The molecular formula is C20H34N2O5S. The molecule has 3 aliphatic rings. The highest BCUT2D eigenvalue weighted by Gasteiger charge is 2.49. The van der Waals surface area contributed by atoms with E-state index < -0.39 is 16.1 Å². The summed E-state index contributed by atoms with van der Waals surface area (Å²) in [6, 6.07) is -0.339. The lowest BCUT2D eigenvalue weighted by Crippen LogP contribution is -2.51. The summed E-state index contributed by atoms with van der Waals surface area (Å²) in [6.07, 6.45) is 7.55. The summed E-state index contributed by atoms with van der Waals surface area (Å²) in [7, 11) is -1.84. The molecule has 2 saturated heterocycles. The van der Waals surface area contributed by atoms with E-state index in [2.05, 4.69) is 0 Å². The van der Waals surface area contributed by atoms with Gasteiger partial charge in [0.15, 0.2) is 0 Å². The molecule has 8 heteroatoms. The lowest BCUT2D eigenvalue weighted by molar-refractivity contribution is -0.154. The van der Waals surface area contributed by atoms with Crippen LogP contribution in [0.5, 0.6) is 0 Å². The zero-order valence-electron chi connectivity index (χ0n) is 17.1. The van der Waals surface area contributed by atoms with Gasteiger partial charge in [-0.15, -0.1) is 0 Å². The highest BCUT2D eigenvalue weighted by Crippen LogP contribution is 2.41. The number of likely N-dealkylation sites (tertiary alicyclic amines) is 1. The average Bonchev–Trinajstić information content (AvgIpc) is 3.11. The zero-order valence-corrected chi connectivity index (χ0v) is 18.0. The Morgan fingerprint density at radius 3 is 2.39 bits per heavy atom. The quantitative estimate of drug-likeness (QED) is 0.622. The smallest absolute Gasteiger partial charge is 0.328 e. The van der Waals surface area contributed by atoms with E-state index in [4.69, 9.17) is 4.74 Å². The summed E-state index contributed by atoms with van der Waals surface area (Å²) in [6.45, 7) is 2.77. The fourth-order valence-electron chi connectivity index (χ4n) is 5.17. The first-order valence-electron chi connectivity index (χ1n) is 10.8. The van der Waals surface area contributed by atoms with Gasteiger partial charge in [0.25, 0.3) is 0 Å². The largest absolute Gasteiger partial charge is 0.467 e. The van der Waals surface area contributed by atoms with E-state index in [-0.39, 0.29) is 29.6 Å². The number of nitrogens with zero attached hydrogens (tertiary/aromatic N) is 2. The molecule has 0 aromatic heterocycles. The number of carbonyl (C=O) groups excluding carboxylic acids is 2. The van der Waals surface area contributed by atoms with Crippen molar-refractivity contribution in [2.75, 3.05) is 26.0 Å². The van der Waals surface area contributed by atoms with E-state index >= 15 is 0 Å². The van der Waals surface area contributed by atoms with E-state index in [1.807, 2.05) is 11.8 Å². The molecule has 0 bridgehead atoms. The van der Waals surface area contributed by atoms with Crippen molar-refractivity contribution in [2.45, 2.75) is 76.8 Å². The van der Waals surface area contributed by atoms with Crippen molar-refractivity contribution < 1.29 is 22.7 Å². The van der Waals surface area contributed by atoms with Gasteiger partial charge in [-0.1, -0.05) is 26.2 Å². The van der Waals surface area contributed by atoms with Gasteiger partial charge in [0.05, 0.1) is 12.9 Å². The SMILES string of the molecule is CCCCS(=O)(=O)N1CCC(C(=O)N2C(C(=O)OC)CC3CCCCC32)CC1. The number of piperidine rings is 1. The molecule has 1 saturated carbocycles. The summed E-state index contributed by atoms with van der Waals surface area (Å²) in [5.41, 5.74) is 0. The van der Waals surface area contributed by atoms with Crippen LogP contribution in [0.2, 0.25) is 0 Å². The van der Waals surface area contributed by atoms with Gasteiger partial charge in [0.2, 0.25) is 15.9 Å². The van der Waals surface area contributed by atoms with Crippen molar-refractivity contribution in [3.63, 3.8) is 0 Å². The third-order valence-electron chi connectivity index (χ3n) is 6.77. The number of ether oxygens (including phenoxy) is 1.